The van der Waals surface area contributed by atoms with E-state index < -0.39 is 0 Å². The summed E-state index contributed by atoms with van der Waals surface area (Å²) < 4.78 is 0. The molecule has 0 spiro atoms. The molecule has 0 aromatic carbocycles. The molecule has 0 atom stereocenters. The Morgan fingerprint density at radius 3 is 2.42 bits per heavy atom. The topological polar surface area (TPSA) is 43.1 Å². The van der Waals surface area contributed by atoms with Crippen molar-refractivity contribution in [2.24, 2.45) is 5.73 Å². The Bertz CT molecular complexity index is 161. The number of primary amides is 1. The number of allylic oxidation sites excluding steroid dienone is 1. The van der Waals surface area contributed by atoms with E-state index in [2.05, 4.69) is 13.8 Å². The van der Waals surface area contributed by atoms with E-state index in [-0.39, 0.29) is 5.91 Å². The number of amides is 1. The summed E-state index contributed by atoms with van der Waals surface area (Å²) >= 11 is 0. The van der Waals surface area contributed by atoms with Gasteiger partial charge in [0.25, 0.3) is 0 Å². The van der Waals surface area contributed by atoms with Gasteiger partial charge in [0.15, 0.2) is 0 Å². The molecule has 0 radical (unpaired) electrons. The molecule has 0 aliphatic carbocycles. The molecule has 2 nitrogen and oxygen atoms in total. The van der Waals surface area contributed by atoms with Crippen molar-refractivity contribution < 1.29 is 4.79 Å². The van der Waals surface area contributed by atoms with Gasteiger partial charge in [-0.15, -0.1) is 0 Å². The minimum absolute atomic E-state index is 0.253. The molecule has 70 valence electrons. The number of carbonyl (C=O) groups is 1. The van der Waals surface area contributed by atoms with E-state index in [1.54, 1.807) is 0 Å². The highest BCUT2D eigenvalue weighted by atomic mass is 16.1. The first-order chi connectivity index (χ1) is 5.72. The summed E-state index contributed by atoms with van der Waals surface area (Å²) in [7, 11) is 0. The van der Waals surface area contributed by atoms with Crippen LogP contribution in [-0.4, -0.2) is 5.91 Å². The van der Waals surface area contributed by atoms with Gasteiger partial charge in [-0.25, -0.2) is 0 Å². The second kappa shape index (κ2) is 6.89. The Balaban J connectivity index is 3.94. The third-order valence-electron chi connectivity index (χ3n) is 1.80. The molecule has 0 aromatic heterocycles. The molecule has 0 saturated heterocycles. The zero-order chi connectivity index (χ0) is 9.40. The van der Waals surface area contributed by atoms with E-state index in [0.717, 1.165) is 37.7 Å². The minimum Gasteiger partial charge on any atom is -0.366 e. The maximum absolute atomic E-state index is 10.9. The summed E-state index contributed by atoms with van der Waals surface area (Å²) in [4.78, 5) is 10.9. The fourth-order valence-corrected chi connectivity index (χ4v) is 1.01. The first kappa shape index (κ1) is 11.2. The molecular formula is C10H19NO. The summed E-state index contributed by atoms with van der Waals surface area (Å²) in [6.07, 6.45) is 7.00. The Hall–Kier alpha value is -0.790. The number of hydrogen-bond acceptors (Lipinski definition) is 1. The second-order valence-corrected chi connectivity index (χ2v) is 2.99. The lowest BCUT2D eigenvalue weighted by atomic mass is 10.1. The molecule has 0 aliphatic heterocycles. The number of rotatable bonds is 6. The standard InChI is InChI=1S/C10H19NO/c1-3-5-7-9(10(11)12)8-6-4-2/h7H,3-6,8H2,1-2H3,(H2,11,12). The SMILES string of the molecule is CCCC=C(CCCC)C(N)=O. The molecule has 0 heterocycles. The lowest BCUT2D eigenvalue weighted by Crippen LogP contribution is -2.13. The Morgan fingerprint density at radius 1 is 1.33 bits per heavy atom. The van der Waals surface area contributed by atoms with Crippen molar-refractivity contribution in [1.82, 2.24) is 0 Å². The zero-order valence-electron chi connectivity index (χ0n) is 8.10. The summed E-state index contributed by atoms with van der Waals surface area (Å²) in [5.41, 5.74) is 6.02. The van der Waals surface area contributed by atoms with Crippen LogP contribution in [0.3, 0.4) is 0 Å². The highest BCUT2D eigenvalue weighted by molar-refractivity contribution is 5.91. The van der Waals surface area contributed by atoms with Crippen LogP contribution in [0.4, 0.5) is 0 Å². The van der Waals surface area contributed by atoms with E-state index in [4.69, 9.17) is 5.73 Å². The van der Waals surface area contributed by atoms with Gasteiger partial charge in [-0.1, -0.05) is 32.8 Å². The smallest absolute Gasteiger partial charge is 0.244 e. The summed E-state index contributed by atoms with van der Waals surface area (Å²) in [6, 6.07) is 0. The van der Waals surface area contributed by atoms with Crippen molar-refractivity contribution in [3.05, 3.63) is 11.6 Å². The van der Waals surface area contributed by atoms with Crippen molar-refractivity contribution in [2.75, 3.05) is 0 Å². The highest BCUT2D eigenvalue weighted by Gasteiger charge is 2.02. The van der Waals surface area contributed by atoms with Crippen LogP contribution in [0.1, 0.15) is 46.0 Å². The summed E-state index contributed by atoms with van der Waals surface area (Å²) in [5.74, 6) is -0.253. The zero-order valence-corrected chi connectivity index (χ0v) is 8.10. The average molecular weight is 169 g/mol. The normalized spacial score (nSPS) is 11.7. The molecule has 2 heteroatoms. The largest absolute Gasteiger partial charge is 0.366 e. The van der Waals surface area contributed by atoms with Crippen molar-refractivity contribution in [1.29, 1.82) is 0 Å². The number of unbranched alkanes of at least 4 members (excludes halogenated alkanes) is 2. The Morgan fingerprint density at radius 2 is 2.00 bits per heavy atom. The predicted molar refractivity (Wildman–Crippen MR) is 51.7 cm³/mol. The maximum Gasteiger partial charge on any atom is 0.244 e. The Labute approximate surface area is 74.8 Å². The molecule has 0 rings (SSSR count). The fraction of sp³-hybridized carbons (Fsp3) is 0.700. The molecule has 12 heavy (non-hydrogen) atoms. The van der Waals surface area contributed by atoms with E-state index in [1.807, 2.05) is 6.08 Å². The number of nitrogens with two attached hydrogens (primary N) is 1. The fourth-order valence-electron chi connectivity index (χ4n) is 1.01. The Kier molecular flexibility index (Phi) is 6.44. The van der Waals surface area contributed by atoms with Gasteiger partial charge in [0.1, 0.15) is 0 Å². The van der Waals surface area contributed by atoms with Gasteiger partial charge < -0.3 is 5.73 Å². The summed E-state index contributed by atoms with van der Waals surface area (Å²) in [6.45, 7) is 4.20. The van der Waals surface area contributed by atoms with E-state index in [9.17, 15) is 4.79 Å². The van der Waals surface area contributed by atoms with Gasteiger partial charge in [0.05, 0.1) is 0 Å². The van der Waals surface area contributed by atoms with Gasteiger partial charge in [0, 0.05) is 5.57 Å². The molecule has 0 saturated carbocycles. The van der Waals surface area contributed by atoms with Crippen LogP contribution in [-0.2, 0) is 4.79 Å². The third-order valence-corrected chi connectivity index (χ3v) is 1.80. The molecule has 0 unspecified atom stereocenters. The minimum atomic E-state index is -0.253. The highest BCUT2D eigenvalue weighted by Crippen LogP contribution is 2.08. The average Bonchev–Trinajstić information content (AvgIpc) is 2.04. The van der Waals surface area contributed by atoms with Crippen molar-refractivity contribution in [2.45, 2.75) is 46.0 Å². The van der Waals surface area contributed by atoms with E-state index >= 15 is 0 Å². The molecule has 1 amide bonds. The summed E-state index contributed by atoms with van der Waals surface area (Å²) in [5, 5.41) is 0. The molecule has 0 fully saturated rings. The van der Waals surface area contributed by atoms with Gasteiger partial charge in [-0.2, -0.15) is 0 Å². The molecular weight excluding hydrogens is 150 g/mol. The number of carbonyl (C=O) groups excluding carboxylic acids is 1. The molecule has 2 N–H and O–H groups in total. The van der Waals surface area contributed by atoms with Crippen LogP contribution in [0.5, 0.6) is 0 Å². The van der Waals surface area contributed by atoms with Crippen molar-refractivity contribution in [3.63, 3.8) is 0 Å². The van der Waals surface area contributed by atoms with Crippen LogP contribution in [0.2, 0.25) is 0 Å². The van der Waals surface area contributed by atoms with Gasteiger partial charge in [-0.3, -0.25) is 4.79 Å². The van der Waals surface area contributed by atoms with E-state index in [1.165, 1.54) is 0 Å². The molecule has 0 bridgehead atoms. The van der Waals surface area contributed by atoms with Crippen LogP contribution >= 0.6 is 0 Å². The first-order valence-electron chi connectivity index (χ1n) is 4.71. The lowest BCUT2D eigenvalue weighted by molar-refractivity contribution is -0.114. The predicted octanol–water partition coefficient (Wildman–Crippen LogP) is 2.39. The number of hydrogen-bond donors (Lipinski definition) is 1. The maximum atomic E-state index is 10.9. The van der Waals surface area contributed by atoms with Gasteiger partial charge >= 0.3 is 0 Å². The second-order valence-electron chi connectivity index (χ2n) is 2.99. The molecule has 0 aliphatic rings. The molecule has 0 aromatic rings. The van der Waals surface area contributed by atoms with Crippen molar-refractivity contribution >= 4 is 5.91 Å². The van der Waals surface area contributed by atoms with Crippen LogP contribution in [0, 0.1) is 0 Å². The van der Waals surface area contributed by atoms with Crippen molar-refractivity contribution in [3.8, 4) is 0 Å². The third kappa shape index (κ3) is 4.94. The quantitative estimate of drug-likeness (QED) is 0.609. The monoisotopic (exact) mass is 169 g/mol. The van der Waals surface area contributed by atoms with E-state index in [0.29, 0.717) is 0 Å². The first-order valence-corrected chi connectivity index (χ1v) is 4.71. The van der Waals surface area contributed by atoms with Crippen LogP contribution < -0.4 is 5.73 Å². The van der Waals surface area contributed by atoms with Crippen LogP contribution in [0.25, 0.3) is 0 Å². The lowest BCUT2D eigenvalue weighted by Gasteiger charge is -2.00. The van der Waals surface area contributed by atoms with Gasteiger partial charge in [-0.05, 0) is 19.3 Å². The van der Waals surface area contributed by atoms with Gasteiger partial charge in [0.2, 0.25) is 5.91 Å². The van der Waals surface area contributed by atoms with Crippen LogP contribution in [0.15, 0.2) is 11.6 Å².